The molecule has 3 aromatic carbocycles. The zero-order valence-corrected chi connectivity index (χ0v) is 28.4. The molecule has 1 aliphatic heterocycles. The number of hydrogen-bond donors (Lipinski definition) is 1. The number of phenolic OH excluding ortho intramolecular Hbond substituents is 1. The number of carbonyl (C=O) groups excluding carboxylic acids is 4. The maximum Gasteiger partial charge on any atom is 0.234 e. The molecule has 3 aliphatic carbocycles. The van der Waals surface area contributed by atoms with E-state index >= 15 is 9.59 Å². The fraction of sp³-hybridized carbons (Fsp3) is 0.268. The molecule has 6 atom stereocenters. The van der Waals surface area contributed by atoms with Gasteiger partial charge in [0, 0.05) is 40.0 Å². The Kier molecular flexibility index (Phi) is 7.83. The first-order valence-corrected chi connectivity index (χ1v) is 17.6. The van der Waals surface area contributed by atoms with E-state index in [1.165, 1.54) is 48.7 Å². The molecular weight excluding hydrogens is 651 g/mol. The number of rotatable bonds is 7. The van der Waals surface area contributed by atoms with Crippen LogP contribution < -0.4 is 9.47 Å². The van der Waals surface area contributed by atoms with Gasteiger partial charge in [0.15, 0.2) is 11.6 Å². The normalized spacial score (nSPS) is 27.2. The molecule has 252 valence electrons. The SMILES string of the molecule is COc1cc(O)cc(OC)c1[C@H]1C2=CC[C@@H]3C(=O)N(Cc4cccs4)C(=O)[C@@H]3[C@@H]2C[C@H]2C(=O)C(c3ccccc3)=CC(=O)[C@@]12c1ccccc1. The van der Waals surface area contributed by atoms with Crippen molar-refractivity contribution in [1.82, 2.24) is 4.90 Å². The van der Waals surface area contributed by atoms with Crippen LogP contribution in [-0.2, 0) is 31.1 Å². The van der Waals surface area contributed by atoms with Crippen molar-refractivity contribution in [1.29, 1.82) is 0 Å². The van der Waals surface area contributed by atoms with E-state index in [0.29, 0.717) is 28.7 Å². The van der Waals surface area contributed by atoms with Crippen molar-refractivity contribution >= 4 is 40.3 Å². The molecule has 1 saturated carbocycles. The van der Waals surface area contributed by atoms with Gasteiger partial charge in [-0.2, -0.15) is 0 Å². The zero-order valence-electron chi connectivity index (χ0n) is 27.6. The molecule has 0 bridgehead atoms. The number of amides is 2. The number of ketones is 2. The summed E-state index contributed by atoms with van der Waals surface area (Å²) in [6, 6.07) is 25.3. The van der Waals surface area contributed by atoms with Gasteiger partial charge in [-0.15, -0.1) is 11.3 Å². The molecule has 1 aromatic heterocycles. The number of benzene rings is 3. The summed E-state index contributed by atoms with van der Waals surface area (Å²) < 4.78 is 11.8. The highest BCUT2D eigenvalue weighted by Crippen LogP contribution is 2.65. The van der Waals surface area contributed by atoms with Gasteiger partial charge in [-0.1, -0.05) is 78.4 Å². The van der Waals surface area contributed by atoms with E-state index in [1.54, 1.807) is 0 Å². The number of aromatic hydroxyl groups is 1. The molecule has 9 heteroatoms. The minimum absolute atomic E-state index is 0.0871. The second kappa shape index (κ2) is 12.2. The number of carbonyl (C=O) groups is 4. The van der Waals surface area contributed by atoms with Gasteiger partial charge in [-0.3, -0.25) is 24.1 Å². The van der Waals surface area contributed by atoms with E-state index in [0.717, 1.165) is 10.5 Å². The summed E-state index contributed by atoms with van der Waals surface area (Å²) in [5.41, 5.74) is 1.46. The Morgan fingerprint density at radius 2 is 1.54 bits per heavy atom. The highest BCUT2D eigenvalue weighted by atomic mass is 32.1. The standard InChI is InChI=1S/C41H35NO7S/c1-48-32-18-25(43)19-33(49-2)36(32)37-27-15-16-28-35(40(47)42(39(28)46)22-26-14-9-17-50-26)30(27)20-31-38(45)29(23-10-5-3-6-11-23)21-34(44)41(31,37)24-12-7-4-8-13-24/h3-15,17-19,21,28,30-31,35,37,43H,16,20,22H2,1-2H3/t28-,30+,31-,35-,37+,41-/m0/s1. The lowest BCUT2D eigenvalue weighted by Gasteiger charge is -2.55. The van der Waals surface area contributed by atoms with Crippen LogP contribution in [-0.4, -0.2) is 47.6 Å². The predicted octanol–water partition coefficient (Wildman–Crippen LogP) is 6.50. The van der Waals surface area contributed by atoms with Crippen LogP contribution in [0.2, 0.25) is 0 Å². The minimum atomic E-state index is -1.45. The quantitative estimate of drug-likeness (QED) is 0.175. The third kappa shape index (κ3) is 4.63. The Morgan fingerprint density at radius 1 is 0.860 bits per heavy atom. The van der Waals surface area contributed by atoms with Gasteiger partial charge in [-0.05, 0) is 47.4 Å². The summed E-state index contributed by atoms with van der Waals surface area (Å²) in [5, 5.41) is 12.6. The molecule has 1 N–H and O–H groups in total. The van der Waals surface area contributed by atoms with Crippen LogP contribution >= 0.6 is 11.3 Å². The topological polar surface area (TPSA) is 110 Å². The molecule has 2 amide bonds. The molecule has 4 aromatic rings. The van der Waals surface area contributed by atoms with Gasteiger partial charge in [-0.25, -0.2) is 0 Å². The van der Waals surface area contributed by atoms with E-state index in [4.69, 9.17) is 9.47 Å². The molecule has 0 unspecified atom stereocenters. The smallest absolute Gasteiger partial charge is 0.234 e. The Balaban J connectivity index is 1.39. The Labute approximate surface area is 293 Å². The van der Waals surface area contributed by atoms with Crippen molar-refractivity contribution in [3.05, 3.63) is 130 Å². The number of thiophene rings is 1. The number of phenols is 1. The first kappa shape index (κ1) is 32.0. The zero-order chi connectivity index (χ0) is 34.7. The van der Waals surface area contributed by atoms with E-state index < -0.39 is 35.0 Å². The molecule has 2 heterocycles. The predicted molar refractivity (Wildman–Crippen MR) is 188 cm³/mol. The molecule has 50 heavy (non-hydrogen) atoms. The van der Waals surface area contributed by atoms with Gasteiger partial charge < -0.3 is 14.6 Å². The largest absolute Gasteiger partial charge is 0.508 e. The van der Waals surface area contributed by atoms with Crippen LogP contribution in [0.15, 0.2) is 108 Å². The number of Topliss-reactive ketones (excluding diaryl/α,β-unsaturated/α-hetero) is 1. The third-order valence-electron chi connectivity index (χ3n) is 11.2. The van der Waals surface area contributed by atoms with Gasteiger partial charge >= 0.3 is 0 Å². The minimum Gasteiger partial charge on any atom is -0.508 e. The second-order valence-electron chi connectivity index (χ2n) is 13.4. The molecular formula is C41H35NO7S. The third-order valence-corrected chi connectivity index (χ3v) is 12.0. The number of allylic oxidation sites excluding steroid dienone is 4. The number of ether oxygens (including phenoxy) is 2. The molecule has 2 fully saturated rings. The van der Waals surface area contributed by atoms with Crippen LogP contribution in [0.4, 0.5) is 0 Å². The van der Waals surface area contributed by atoms with Crippen LogP contribution in [0.3, 0.4) is 0 Å². The lowest BCUT2D eigenvalue weighted by atomic mass is 9.44. The monoisotopic (exact) mass is 685 g/mol. The summed E-state index contributed by atoms with van der Waals surface area (Å²) in [4.78, 5) is 61.0. The number of methoxy groups -OCH3 is 2. The van der Waals surface area contributed by atoms with Gasteiger partial charge in [0.1, 0.15) is 17.2 Å². The molecule has 8 rings (SSSR count). The van der Waals surface area contributed by atoms with Gasteiger partial charge in [0.05, 0.1) is 38.0 Å². The second-order valence-corrected chi connectivity index (χ2v) is 14.4. The van der Waals surface area contributed by atoms with Crippen LogP contribution in [0, 0.1) is 23.7 Å². The van der Waals surface area contributed by atoms with E-state index in [2.05, 4.69) is 0 Å². The van der Waals surface area contributed by atoms with Crippen LogP contribution in [0.25, 0.3) is 5.57 Å². The first-order chi connectivity index (χ1) is 24.3. The summed E-state index contributed by atoms with van der Waals surface area (Å²) in [6.45, 7) is 0.198. The first-order valence-electron chi connectivity index (χ1n) is 16.7. The van der Waals surface area contributed by atoms with Crippen LogP contribution in [0.1, 0.15) is 40.3 Å². The average Bonchev–Trinajstić information content (AvgIpc) is 3.75. The maximum absolute atomic E-state index is 15.3. The Hall–Kier alpha value is -5.28. The summed E-state index contributed by atoms with van der Waals surface area (Å²) in [6.07, 6.45) is 4.00. The van der Waals surface area contributed by atoms with Gasteiger partial charge in [0.2, 0.25) is 11.8 Å². The summed E-state index contributed by atoms with van der Waals surface area (Å²) in [5.74, 6) is -3.98. The number of nitrogens with zero attached hydrogens (tertiary/aromatic N) is 1. The summed E-state index contributed by atoms with van der Waals surface area (Å²) >= 11 is 1.49. The highest BCUT2D eigenvalue weighted by molar-refractivity contribution is 7.09. The van der Waals surface area contributed by atoms with Gasteiger partial charge in [0.25, 0.3) is 0 Å². The summed E-state index contributed by atoms with van der Waals surface area (Å²) in [7, 11) is 2.97. The number of fused-ring (bicyclic) bond motifs is 4. The van der Waals surface area contributed by atoms with Crippen molar-refractivity contribution in [3.63, 3.8) is 0 Å². The molecule has 0 radical (unpaired) electrons. The lowest BCUT2D eigenvalue weighted by Crippen LogP contribution is -2.59. The number of hydrogen-bond acceptors (Lipinski definition) is 8. The van der Waals surface area contributed by atoms with Crippen molar-refractivity contribution in [3.8, 4) is 17.2 Å². The Bertz CT molecular complexity index is 2060. The maximum atomic E-state index is 15.3. The van der Waals surface area contributed by atoms with Crippen molar-refractivity contribution in [2.24, 2.45) is 23.7 Å². The van der Waals surface area contributed by atoms with Crippen LogP contribution in [0.5, 0.6) is 17.2 Å². The Morgan fingerprint density at radius 3 is 2.18 bits per heavy atom. The molecule has 0 spiro atoms. The molecule has 8 nitrogen and oxygen atoms in total. The molecule has 1 saturated heterocycles. The molecule has 4 aliphatic rings. The number of imide groups is 1. The van der Waals surface area contributed by atoms with E-state index in [-0.39, 0.29) is 53.6 Å². The van der Waals surface area contributed by atoms with Crippen molar-refractivity contribution < 1.29 is 33.8 Å². The van der Waals surface area contributed by atoms with E-state index in [9.17, 15) is 14.7 Å². The lowest BCUT2D eigenvalue weighted by molar-refractivity contribution is -0.141. The fourth-order valence-electron chi connectivity index (χ4n) is 9.18. The average molecular weight is 686 g/mol. The fourth-order valence-corrected chi connectivity index (χ4v) is 9.87. The number of likely N-dealkylation sites (tertiary alicyclic amines) is 1. The van der Waals surface area contributed by atoms with Crippen molar-refractivity contribution in [2.75, 3.05) is 14.2 Å². The van der Waals surface area contributed by atoms with E-state index in [1.807, 2.05) is 84.3 Å². The highest BCUT2D eigenvalue weighted by Gasteiger charge is 2.66. The van der Waals surface area contributed by atoms with Crippen molar-refractivity contribution in [2.45, 2.75) is 30.7 Å².